The van der Waals surface area contributed by atoms with E-state index in [0.717, 1.165) is 9.77 Å². The van der Waals surface area contributed by atoms with Gasteiger partial charge in [-0.1, -0.05) is 18.2 Å². The summed E-state index contributed by atoms with van der Waals surface area (Å²) in [6.45, 7) is 0.939. The third kappa shape index (κ3) is 7.06. The molecule has 7 nitrogen and oxygen atoms in total. The molecule has 1 heterocycles. The fourth-order valence-electron chi connectivity index (χ4n) is 2.32. The van der Waals surface area contributed by atoms with E-state index < -0.39 is 24.5 Å². The number of ether oxygens (including phenoxy) is 1. The van der Waals surface area contributed by atoms with Crippen molar-refractivity contribution in [2.45, 2.75) is 24.3 Å². The number of anilines is 1. The van der Waals surface area contributed by atoms with Crippen LogP contribution in [0.1, 0.15) is 24.3 Å². The number of esters is 1. The number of para-hydroxylation sites is 1. The number of nitrogens with zero attached hydrogens (tertiary/aromatic N) is 1. The van der Waals surface area contributed by atoms with Crippen LogP contribution in [0.25, 0.3) is 0 Å². The van der Waals surface area contributed by atoms with E-state index in [1.807, 2.05) is 29.6 Å². The van der Waals surface area contributed by atoms with Crippen molar-refractivity contribution < 1.29 is 19.1 Å². The summed E-state index contributed by atoms with van der Waals surface area (Å²) in [6.07, 6.45) is -0.0675. The molecule has 2 N–H and O–H groups in total. The highest BCUT2D eigenvalue weighted by atomic mass is 32.2. The van der Waals surface area contributed by atoms with Gasteiger partial charge in [0.05, 0.1) is 30.0 Å². The van der Waals surface area contributed by atoms with Crippen LogP contribution in [-0.2, 0) is 19.1 Å². The summed E-state index contributed by atoms with van der Waals surface area (Å²) in [5.41, 5.74) is 0.554. The van der Waals surface area contributed by atoms with Gasteiger partial charge in [0.15, 0.2) is 6.61 Å². The Morgan fingerprint density at radius 1 is 1.25 bits per heavy atom. The van der Waals surface area contributed by atoms with E-state index in [-0.39, 0.29) is 18.1 Å². The molecule has 0 fully saturated rings. The predicted molar refractivity (Wildman–Crippen MR) is 108 cm³/mol. The van der Waals surface area contributed by atoms with E-state index in [1.54, 1.807) is 18.2 Å². The smallest absolute Gasteiger partial charge is 0.308 e. The highest BCUT2D eigenvalue weighted by Gasteiger charge is 2.20. The lowest BCUT2D eigenvalue weighted by Crippen LogP contribution is -2.29. The molecular formula is C19H19N3O4S2. The zero-order chi connectivity index (χ0) is 20.4. The number of rotatable bonds is 9. The summed E-state index contributed by atoms with van der Waals surface area (Å²) in [5, 5.41) is 15.9. The summed E-state index contributed by atoms with van der Waals surface area (Å²) < 4.78 is 5.05. The van der Waals surface area contributed by atoms with Crippen molar-refractivity contribution in [1.29, 1.82) is 5.26 Å². The molecule has 0 aliphatic rings. The maximum atomic E-state index is 12.1. The first-order chi connectivity index (χ1) is 13.5. The number of benzene rings is 1. The molecule has 28 heavy (non-hydrogen) atoms. The van der Waals surface area contributed by atoms with Crippen molar-refractivity contribution in [3.05, 3.63) is 46.7 Å². The van der Waals surface area contributed by atoms with Crippen LogP contribution in [0.3, 0.4) is 0 Å². The Labute approximate surface area is 171 Å². The maximum Gasteiger partial charge on any atom is 0.308 e. The molecule has 0 saturated carbocycles. The van der Waals surface area contributed by atoms with E-state index in [1.165, 1.54) is 30.0 Å². The molecule has 146 valence electrons. The Hall–Kier alpha value is -2.83. The highest BCUT2D eigenvalue weighted by Crippen LogP contribution is 2.26. The lowest BCUT2D eigenvalue weighted by molar-refractivity contribution is -0.147. The minimum atomic E-state index is -0.588. The first-order valence-electron chi connectivity index (χ1n) is 8.34. The number of amides is 2. The van der Waals surface area contributed by atoms with Crippen LogP contribution >= 0.6 is 23.1 Å². The van der Waals surface area contributed by atoms with Crippen molar-refractivity contribution in [2.75, 3.05) is 17.7 Å². The van der Waals surface area contributed by atoms with Crippen molar-refractivity contribution in [2.24, 2.45) is 0 Å². The number of thiophene rings is 1. The van der Waals surface area contributed by atoms with Gasteiger partial charge in [-0.05, 0) is 23.6 Å². The van der Waals surface area contributed by atoms with Gasteiger partial charge in [-0.25, -0.2) is 0 Å². The molecule has 0 saturated heterocycles. The first-order valence-corrected chi connectivity index (χ1v) is 10.2. The number of hydrogen-bond donors (Lipinski definition) is 2. The van der Waals surface area contributed by atoms with Crippen LogP contribution in [-0.4, -0.2) is 30.1 Å². The van der Waals surface area contributed by atoms with Gasteiger partial charge in [-0.2, -0.15) is 5.26 Å². The Kier molecular flexibility index (Phi) is 8.52. The van der Waals surface area contributed by atoms with E-state index in [2.05, 4.69) is 10.6 Å². The monoisotopic (exact) mass is 417 g/mol. The van der Waals surface area contributed by atoms with Gasteiger partial charge in [0.2, 0.25) is 5.91 Å². The molecule has 0 bridgehead atoms. The normalized spacial score (nSPS) is 11.1. The molecule has 0 spiro atoms. The van der Waals surface area contributed by atoms with Gasteiger partial charge < -0.3 is 15.4 Å². The topological polar surface area (TPSA) is 108 Å². The maximum absolute atomic E-state index is 12.1. The summed E-state index contributed by atoms with van der Waals surface area (Å²) in [5.74, 6) is -1.06. The lowest BCUT2D eigenvalue weighted by Gasteiger charge is -2.16. The minimum absolute atomic E-state index is 0.0675. The number of hydrogen-bond acceptors (Lipinski definition) is 7. The van der Waals surface area contributed by atoms with Crippen molar-refractivity contribution in [3.63, 3.8) is 0 Å². The third-order valence-corrected chi connectivity index (χ3v) is 5.38. The highest BCUT2D eigenvalue weighted by molar-refractivity contribution is 7.99. The molecule has 9 heteroatoms. The van der Waals surface area contributed by atoms with Gasteiger partial charge in [-0.15, -0.1) is 23.1 Å². The molecule has 0 radical (unpaired) electrons. The van der Waals surface area contributed by atoms with Gasteiger partial charge in [0.25, 0.3) is 5.91 Å². The predicted octanol–water partition coefficient (Wildman–Crippen LogP) is 3.11. The Morgan fingerprint density at radius 2 is 2.04 bits per heavy atom. The quantitative estimate of drug-likeness (QED) is 0.479. The summed E-state index contributed by atoms with van der Waals surface area (Å²) in [6, 6.07) is 12.3. The number of nitriles is 1. The molecule has 1 aromatic heterocycles. The second kappa shape index (κ2) is 11.1. The second-order valence-corrected chi connectivity index (χ2v) is 7.62. The van der Waals surface area contributed by atoms with Crippen LogP contribution in [0, 0.1) is 11.3 Å². The number of nitrogens with one attached hydrogen (secondary N) is 2. The van der Waals surface area contributed by atoms with Crippen LogP contribution in [0.5, 0.6) is 0 Å². The van der Waals surface area contributed by atoms with E-state index in [0.29, 0.717) is 5.69 Å². The number of carbonyl (C=O) groups is 3. The average molecular weight is 418 g/mol. The fourth-order valence-corrected chi connectivity index (χ4v) is 3.77. The SMILES string of the molecule is CC(=O)NC(CC(=O)OCC(=O)Nc1ccccc1SCC#N)c1cccs1. The van der Waals surface area contributed by atoms with Gasteiger partial charge >= 0.3 is 5.97 Å². The largest absolute Gasteiger partial charge is 0.455 e. The summed E-state index contributed by atoms with van der Waals surface area (Å²) in [4.78, 5) is 37.2. The molecule has 2 amide bonds. The number of carbonyl (C=O) groups excluding carboxylic acids is 3. The molecule has 1 aromatic carbocycles. The lowest BCUT2D eigenvalue weighted by atomic mass is 10.1. The molecule has 1 atom stereocenters. The van der Waals surface area contributed by atoms with Crippen LogP contribution in [0.2, 0.25) is 0 Å². The standard InChI is InChI=1S/C19H19N3O4S2/c1-13(23)21-15(17-7-4-9-27-17)11-19(25)26-12-18(24)22-14-5-2-3-6-16(14)28-10-8-20/h2-7,9,15H,10-12H2,1H3,(H,21,23)(H,22,24). The average Bonchev–Trinajstić information content (AvgIpc) is 3.19. The molecule has 2 rings (SSSR count). The fraction of sp³-hybridized carbons (Fsp3) is 0.263. The van der Waals surface area contributed by atoms with Gasteiger partial charge in [-0.3, -0.25) is 14.4 Å². The van der Waals surface area contributed by atoms with Gasteiger partial charge in [0.1, 0.15) is 0 Å². The summed E-state index contributed by atoms with van der Waals surface area (Å²) >= 11 is 2.73. The summed E-state index contributed by atoms with van der Waals surface area (Å²) in [7, 11) is 0. The van der Waals surface area contributed by atoms with E-state index in [4.69, 9.17) is 10.00 Å². The molecule has 0 aliphatic heterocycles. The Balaban J connectivity index is 1.87. The van der Waals surface area contributed by atoms with Crippen molar-refractivity contribution in [3.8, 4) is 6.07 Å². The minimum Gasteiger partial charge on any atom is -0.455 e. The Bertz CT molecular complexity index is 862. The van der Waals surface area contributed by atoms with E-state index in [9.17, 15) is 14.4 Å². The zero-order valence-corrected chi connectivity index (χ0v) is 16.8. The molecule has 0 aliphatic carbocycles. The first kappa shape index (κ1) is 21.5. The van der Waals surface area contributed by atoms with Gasteiger partial charge in [0, 0.05) is 16.7 Å². The molecule has 2 aromatic rings. The van der Waals surface area contributed by atoms with Crippen LogP contribution in [0.15, 0.2) is 46.7 Å². The van der Waals surface area contributed by atoms with Crippen molar-refractivity contribution >= 4 is 46.6 Å². The van der Waals surface area contributed by atoms with Crippen LogP contribution < -0.4 is 10.6 Å². The number of thioether (sulfide) groups is 1. The Morgan fingerprint density at radius 3 is 2.71 bits per heavy atom. The van der Waals surface area contributed by atoms with E-state index >= 15 is 0 Å². The molecular weight excluding hydrogens is 398 g/mol. The van der Waals surface area contributed by atoms with Crippen molar-refractivity contribution in [1.82, 2.24) is 5.32 Å². The second-order valence-electron chi connectivity index (χ2n) is 5.62. The molecule has 1 unspecified atom stereocenters. The zero-order valence-electron chi connectivity index (χ0n) is 15.1. The van der Waals surface area contributed by atoms with Crippen LogP contribution in [0.4, 0.5) is 5.69 Å². The third-order valence-electron chi connectivity index (χ3n) is 3.45.